The Hall–Kier alpha value is -2.24. The van der Waals surface area contributed by atoms with Gasteiger partial charge in [-0.1, -0.05) is 36.5 Å². The van der Waals surface area contributed by atoms with Crippen LogP contribution in [0.4, 0.5) is 5.69 Å². The lowest BCUT2D eigenvalue weighted by Crippen LogP contribution is -2.13. The van der Waals surface area contributed by atoms with Gasteiger partial charge in [-0.2, -0.15) is 0 Å². The number of benzene rings is 1. The lowest BCUT2D eigenvalue weighted by Gasteiger charge is -2.10. The number of nitrogens with zero attached hydrogens (tertiary/aromatic N) is 1. The molecule has 0 saturated carbocycles. The molecule has 3 rings (SSSR count). The molecule has 1 amide bonds. The van der Waals surface area contributed by atoms with Crippen LogP contribution < -0.4 is 10.1 Å². The summed E-state index contributed by atoms with van der Waals surface area (Å²) in [6.07, 6.45) is 5.71. The number of fused-ring (bicyclic) bond motifs is 1. The van der Waals surface area contributed by atoms with Gasteiger partial charge in [-0.05, 0) is 24.6 Å². The number of anilines is 1. The van der Waals surface area contributed by atoms with Crippen molar-refractivity contribution in [1.29, 1.82) is 0 Å². The molecule has 136 valence electrons. The predicted molar refractivity (Wildman–Crippen MR) is 104 cm³/mol. The van der Waals surface area contributed by atoms with E-state index in [1.165, 1.54) is 12.4 Å². The lowest BCUT2D eigenvalue weighted by atomic mass is 10.1. The first kappa shape index (κ1) is 18.5. The van der Waals surface area contributed by atoms with Crippen LogP contribution in [-0.2, 0) is 6.42 Å². The molecule has 0 spiro atoms. The third-order valence-electron chi connectivity index (χ3n) is 4.03. The maximum Gasteiger partial charge on any atom is 0.256 e. The second-order valence-electron chi connectivity index (χ2n) is 5.81. The molecule has 7 heteroatoms. The number of hydrogen-bond donors (Lipinski definition) is 1. The first-order valence-corrected chi connectivity index (χ1v) is 9.00. The Labute approximate surface area is 161 Å². The summed E-state index contributed by atoms with van der Waals surface area (Å²) in [7, 11) is 1.57. The van der Waals surface area contributed by atoms with E-state index in [1.807, 2.05) is 6.07 Å². The smallest absolute Gasteiger partial charge is 0.256 e. The number of halogens is 2. The number of aryl methyl sites for hydroxylation is 1. The summed E-state index contributed by atoms with van der Waals surface area (Å²) in [5.41, 5.74) is 1.33. The Kier molecular flexibility index (Phi) is 5.69. The molecule has 2 aromatic heterocycles. The maximum absolute atomic E-state index is 12.8. The number of hydrogen-bond acceptors (Lipinski definition) is 4. The van der Waals surface area contributed by atoms with Crippen molar-refractivity contribution in [2.75, 3.05) is 12.4 Å². The zero-order valence-corrected chi connectivity index (χ0v) is 15.9. The fourth-order valence-corrected chi connectivity index (χ4v) is 3.15. The number of carbonyl (C=O) groups is 1. The molecule has 0 aliphatic heterocycles. The van der Waals surface area contributed by atoms with Crippen molar-refractivity contribution >= 4 is 45.8 Å². The molecule has 0 saturated heterocycles. The van der Waals surface area contributed by atoms with Crippen LogP contribution in [0.2, 0.25) is 10.0 Å². The molecule has 0 aliphatic carbocycles. The van der Waals surface area contributed by atoms with Gasteiger partial charge in [-0.15, -0.1) is 0 Å². The number of amides is 1. The van der Waals surface area contributed by atoms with Gasteiger partial charge in [-0.25, -0.2) is 0 Å². The average molecular weight is 393 g/mol. The van der Waals surface area contributed by atoms with Crippen LogP contribution in [0.15, 0.2) is 35.0 Å². The van der Waals surface area contributed by atoms with Crippen LogP contribution in [0.5, 0.6) is 5.75 Å². The van der Waals surface area contributed by atoms with Crippen LogP contribution in [0.3, 0.4) is 0 Å². The van der Waals surface area contributed by atoms with E-state index in [0.29, 0.717) is 28.0 Å². The topological polar surface area (TPSA) is 64.4 Å². The Morgan fingerprint density at radius 2 is 2.00 bits per heavy atom. The number of carbonyl (C=O) groups excluding carboxylic acids is 1. The summed E-state index contributed by atoms with van der Waals surface area (Å²) in [4.78, 5) is 16.7. The van der Waals surface area contributed by atoms with E-state index in [0.717, 1.165) is 25.0 Å². The van der Waals surface area contributed by atoms with Crippen LogP contribution in [-0.4, -0.2) is 18.0 Å². The van der Waals surface area contributed by atoms with Gasteiger partial charge in [0.15, 0.2) is 11.3 Å². The first-order chi connectivity index (χ1) is 12.5. The SMILES string of the molecule is CCCCc1cc2c(C(=O)Nc3c(Cl)cncc3Cl)ccc(OC)c2o1. The van der Waals surface area contributed by atoms with Crippen molar-refractivity contribution < 1.29 is 13.9 Å². The Morgan fingerprint density at radius 1 is 1.27 bits per heavy atom. The molecular formula is C19H18Cl2N2O3. The Morgan fingerprint density at radius 3 is 2.65 bits per heavy atom. The summed E-state index contributed by atoms with van der Waals surface area (Å²) < 4.78 is 11.3. The van der Waals surface area contributed by atoms with Crippen LogP contribution >= 0.6 is 23.2 Å². The molecule has 0 aliphatic rings. The number of pyridine rings is 1. The standard InChI is InChI=1S/C19H18Cl2N2O3/c1-3-4-5-11-8-13-12(6-7-16(25-2)18(13)26-11)19(24)23-17-14(20)9-22-10-15(17)21/h6-10H,3-5H2,1-2H3,(H,22,23,24). The van der Waals surface area contributed by atoms with Crippen molar-refractivity contribution in [1.82, 2.24) is 4.98 Å². The number of unbranched alkanes of at least 4 members (excludes halogenated alkanes) is 1. The second kappa shape index (κ2) is 7.98. The lowest BCUT2D eigenvalue weighted by molar-refractivity contribution is 0.102. The summed E-state index contributed by atoms with van der Waals surface area (Å²) >= 11 is 12.2. The molecule has 0 unspecified atom stereocenters. The van der Waals surface area contributed by atoms with Crippen molar-refractivity contribution in [2.24, 2.45) is 0 Å². The van der Waals surface area contributed by atoms with E-state index < -0.39 is 0 Å². The summed E-state index contributed by atoms with van der Waals surface area (Å²) in [6, 6.07) is 5.29. The minimum absolute atomic E-state index is 0.270. The highest BCUT2D eigenvalue weighted by Crippen LogP contribution is 2.34. The number of ether oxygens (including phenoxy) is 1. The Bertz CT molecular complexity index is 933. The van der Waals surface area contributed by atoms with Gasteiger partial charge in [0.25, 0.3) is 5.91 Å². The van der Waals surface area contributed by atoms with E-state index >= 15 is 0 Å². The maximum atomic E-state index is 12.8. The molecule has 3 aromatic rings. The van der Waals surface area contributed by atoms with Crippen molar-refractivity contribution in [3.05, 3.63) is 52.0 Å². The molecule has 0 fully saturated rings. The van der Waals surface area contributed by atoms with E-state index in [4.69, 9.17) is 32.4 Å². The van der Waals surface area contributed by atoms with Crippen molar-refractivity contribution in [3.8, 4) is 5.75 Å². The molecule has 5 nitrogen and oxygen atoms in total. The number of nitrogens with one attached hydrogen (secondary N) is 1. The monoisotopic (exact) mass is 392 g/mol. The minimum Gasteiger partial charge on any atom is -0.493 e. The highest BCUT2D eigenvalue weighted by atomic mass is 35.5. The fraction of sp³-hybridized carbons (Fsp3) is 0.263. The van der Waals surface area contributed by atoms with Gasteiger partial charge in [-0.3, -0.25) is 9.78 Å². The highest BCUT2D eigenvalue weighted by molar-refractivity contribution is 6.39. The van der Waals surface area contributed by atoms with Crippen molar-refractivity contribution in [3.63, 3.8) is 0 Å². The molecule has 0 bridgehead atoms. The van der Waals surface area contributed by atoms with Crippen LogP contribution in [0.25, 0.3) is 11.0 Å². The quantitative estimate of drug-likeness (QED) is 0.580. The predicted octanol–water partition coefficient (Wildman–Crippen LogP) is 5.74. The van der Waals surface area contributed by atoms with Gasteiger partial charge in [0, 0.05) is 24.2 Å². The van der Waals surface area contributed by atoms with Gasteiger partial charge in [0.05, 0.1) is 28.4 Å². The van der Waals surface area contributed by atoms with Gasteiger partial charge < -0.3 is 14.5 Å². The van der Waals surface area contributed by atoms with E-state index in [-0.39, 0.29) is 16.0 Å². The minimum atomic E-state index is -0.338. The molecule has 26 heavy (non-hydrogen) atoms. The number of aromatic nitrogens is 1. The first-order valence-electron chi connectivity index (χ1n) is 8.25. The van der Waals surface area contributed by atoms with Crippen LogP contribution in [0, 0.1) is 0 Å². The molecule has 1 aromatic carbocycles. The Balaban J connectivity index is 2.01. The van der Waals surface area contributed by atoms with E-state index in [1.54, 1.807) is 19.2 Å². The fourth-order valence-electron chi connectivity index (χ4n) is 2.69. The summed E-state index contributed by atoms with van der Waals surface area (Å²) in [5.74, 6) is 1.06. The summed E-state index contributed by atoms with van der Waals surface area (Å²) in [6.45, 7) is 2.12. The zero-order chi connectivity index (χ0) is 18.7. The van der Waals surface area contributed by atoms with E-state index in [9.17, 15) is 4.79 Å². The largest absolute Gasteiger partial charge is 0.493 e. The van der Waals surface area contributed by atoms with Crippen molar-refractivity contribution in [2.45, 2.75) is 26.2 Å². The highest BCUT2D eigenvalue weighted by Gasteiger charge is 2.19. The van der Waals surface area contributed by atoms with Gasteiger partial charge >= 0.3 is 0 Å². The number of rotatable bonds is 6. The zero-order valence-electron chi connectivity index (χ0n) is 14.4. The molecule has 0 radical (unpaired) electrons. The van der Waals surface area contributed by atoms with E-state index in [2.05, 4.69) is 17.2 Å². The number of methoxy groups -OCH3 is 1. The van der Waals surface area contributed by atoms with Gasteiger partial charge in [0.1, 0.15) is 5.76 Å². The molecule has 2 heterocycles. The molecular weight excluding hydrogens is 375 g/mol. The molecule has 0 atom stereocenters. The van der Waals surface area contributed by atoms with Crippen LogP contribution in [0.1, 0.15) is 35.9 Å². The third kappa shape index (κ3) is 3.64. The third-order valence-corrected chi connectivity index (χ3v) is 4.60. The number of furan rings is 1. The van der Waals surface area contributed by atoms with Gasteiger partial charge in [0.2, 0.25) is 0 Å². The average Bonchev–Trinajstić information content (AvgIpc) is 3.06. The molecule has 1 N–H and O–H groups in total. The second-order valence-corrected chi connectivity index (χ2v) is 6.62. The normalized spacial score (nSPS) is 10.9. The summed E-state index contributed by atoms with van der Waals surface area (Å²) in [5, 5.41) is 3.98.